The zero-order valence-electron chi connectivity index (χ0n) is 15.5. The molecule has 3 aliphatic rings. The van der Waals surface area contributed by atoms with Gasteiger partial charge in [-0.2, -0.15) is 0 Å². The molecule has 1 saturated carbocycles. The van der Waals surface area contributed by atoms with Gasteiger partial charge >= 0.3 is 0 Å². The number of ether oxygens (including phenoxy) is 3. The lowest BCUT2D eigenvalue weighted by molar-refractivity contribution is -0.210. The predicted octanol–water partition coefficient (Wildman–Crippen LogP) is 1.99. The molecule has 2 aliphatic heterocycles. The second-order valence-corrected chi connectivity index (χ2v) is 7.39. The van der Waals surface area contributed by atoms with Crippen molar-refractivity contribution in [3.63, 3.8) is 0 Å². The van der Waals surface area contributed by atoms with Gasteiger partial charge in [0.25, 0.3) is 0 Å². The van der Waals surface area contributed by atoms with Crippen LogP contribution in [0.5, 0.6) is 11.5 Å². The van der Waals surface area contributed by atoms with Crippen LogP contribution in [0.15, 0.2) is 18.2 Å². The molecule has 1 aromatic carbocycles. The maximum atomic E-state index is 10.3. The molecular weight excluding hydrogens is 391 g/mol. The van der Waals surface area contributed by atoms with Crippen LogP contribution >= 0.6 is 24.8 Å². The third-order valence-electron chi connectivity index (χ3n) is 5.98. The molecule has 1 aliphatic carbocycles. The van der Waals surface area contributed by atoms with Gasteiger partial charge < -0.3 is 25.1 Å². The van der Waals surface area contributed by atoms with Gasteiger partial charge in [-0.05, 0) is 43.6 Å². The Labute approximate surface area is 173 Å². The number of rotatable bonds is 5. The monoisotopic (exact) mass is 420 g/mol. The van der Waals surface area contributed by atoms with E-state index in [0.717, 1.165) is 50.4 Å². The molecule has 4 rings (SSSR count). The van der Waals surface area contributed by atoms with Crippen molar-refractivity contribution in [3.8, 4) is 11.5 Å². The molecule has 6 nitrogen and oxygen atoms in total. The number of hydrogen-bond donors (Lipinski definition) is 2. The maximum absolute atomic E-state index is 10.3. The van der Waals surface area contributed by atoms with Crippen molar-refractivity contribution >= 4 is 24.8 Å². The second kappa shape index (κ2) is 9.63. The first-order valence-electron chi connectivity index (χ1n) is 9.32. The van der Waals surface area contributed by atoms with Crippen molar-refractivity contribution in [3.05, 3.63) is 23.8 Å². The Kier molecular flexibility index (Phi) is 8.04. The summed E-state index contributed by atoms with van der Waals surface area (Å²) in [6, 6.07) is 6.20. The van der Waals surface area contributed by atoms with E-state index in [2.05, 4.69) is 17.0 Å². The summed E-state index contributed by atoms with van der Waals surface area (Å²) >= 11 is 0. The highest BCUT2D eigenvalue weighted by molar-refractivity contribution is 5.85. The van der Waals surface area contributed by atoms with Crippen molar-refractivity contribution < 1.29 is 19.3 Å². The Morgan fingerprint density at radius 2 is 1.85 bits per heavy atom. The topological polar surface area (TPSA) is 77.2 Å². The summed E-state index contributed by atoms with van der Waals surface area (Å²) in [5, 5.41) is 10.3. The number of likely N-dealkylation sites (tertiary alicyclic amines) is 1. The first-order valence-corrected chi connectivity index (χ1v) is 9.32. The zero-order chi connectivity index (χ0) is 17.3. The maximum Gasteiger partial charge on any atom is 0.161 e. The van der Waals surface area contributed by atoms with Crippen LogP contribution in [-0.2, 0) is 11.3 Å². The molecule has 2 fully saturated rings. The molecule has 2 atom stereocenters. The molecule has 0 aromatic heterocycles. The lowest BCUT2D eigenvalue weighted by Gasteiger charge is -2.56. The largest absolute Gasteiger partial charge is 0.486 e. The van der Waals surface area contributed by atoms with Crippen LogP contribution in [0, 0.1) is 5.41 Å². The van der Waals surface area contributed by atoms with Crippen molar-refractivity contribution in [1.29, 1.82) is 0 Å². The van der Waals surface area contributed by atoms with Crippen LogP contribution in [0.25, 0.3) is 0 Å². The van der Waals surface area contributed by atoms with Gasteiger partial charge in [-0.15, -0.1) is 24.8 Å². The van der Waals surface area contributed by atoms with Gasteiger partial charge in [0, 0.05) is 24.9 Å². The van der Waals surface area contributed by atoms with Gasteiger partial charge in [0.15, 0.2) is 11.5 Å². The molecule has 1 aromatic rings. The quantitative estimate of drug-likeness (QED) is 0.758. The zero-order valence-corrected chi connectivity index (χ0v) is 17.1. The van der Waals surface area contributed by atoms with Crippen LogP contribution in [-0.4, -0.2) is 61.7 Å². The fraction of sp³-hybridized carbons (Fsp3) is 0.684. The minimum atomic E-state index is -0.230. The van der Waals surface area contributed by atoms with E-state index in [-0.39, 0.29) is 42.4 Å². The van der Waals surface area contributed by atoms with E-state index in [0.29, 0.717) is 26.4 Å². The van der Waals surface area contributed by atoms with Gasteiger partial charge in [-0.3, -0.25) is 4.90 Å². The predicted molar refractivity (Wildman–Crippen MR) is 108 cm³/mol. The van der Waals surface area contributed by atoms with E-state index >= 15 is 0 Å². The number of aliphatic hydroxyl groups is 1. The third-order valence-corrected chi connectivity index (χ3v) is 5.98. The molecule has 1 spiro atoms. The first kappa shape index (κ1) is 22.5. The van der Waals surface area contributed by atoms with Gasteiger partial charge in [-0.1, -0.05) is 6.07 Å². The molecule has 0 bridgehead atoms. The molecule has 0 unspecified atom stereocenters. The molecule has 0 radical (unpaired) electrons. The van der Waals surface area contributed by atoms with Crippen LogP contribution in [0.2, 0.25) is 0 Å². The summed E-state index contributed by atoms with van der Waals surface area (Å²) in [5.41, 5.74) is 6.73. The second-order valence-electron chi connectivity index (χ2n) is 7.39. The average molecular weight is 421 g/mol. The SMILES string of the molecule is Cl.Cl.NCCO[C@H]1C[C@@H](O)C12CCN(Cc1ccc3c(c1)OCCO3)CC2. The van der Waals surface area contributed by atoms with E-state index < -0.39 is 0 Å². The summed E-state index contributed by atoms with van der Waals surface area (Å²) in [6.07, 6.45) is 2.65. The van der Waals surface area contributed by atoms with E-state index in [1.807, 2.05) is 6.07 Å². The molecule has 3 N–H and O–H groups in total. The molecular formula is C19H30Cl2N2O4. The number of nitrogens with zero attached hydrogens (tertiary/aromatic N) is 1. The van der Waals surface area contributed by atoms with Crippen LogP contribution in [0.4, 0.5) is 0 Å². The average Bonchev–Trinajstić information content (AvgIpc) is 2.65. The summed E-state index contributed by atoms with van der Waals surface area (Å²) in [4.78, 5) is 2.45. The Morgan fingerprint density at radius 3 is 2.52 bits per heavy atom. The summed E-state index contributed by atoms with van der Waals surface area (Å²) in [7, 11) is 0. The Morgan fingerprint density at radius 1 is 1.15 bits per heavy atom. The third kappa shape index (κ3) is 4.47. The van der Waals surface area contributed by atoms with Crippen LogP contribution in [0.3, 0.4) is 0 Å². The highest BCUT2D eigenvalue weighted by Crippen LogP contribution is 2.51. The number of benzene rings is 1. The van der Waals surface area contributed by atoms with E-state index in [4.69, 9.17) is 19.9 Å². The number of fused-ring (bicyclic) bond motifs is 1. The minimum Gasteiger partial charge on any atom is -0.486 e. The highest BCUT2D eigenvalue weighted by atomic mass is 35.5. The fourth-order valence-electron chi connectivity index (χ4n) is 4.40. The van der Waals surface area contributed by atoms with Gasteiger partial charge in [0.1, 0.15) is 13.2 Å². The number of aliphatic hydroxyl groups excluding tert-OH is 1. The Hall–Kier alpha value is -0.760. The van der Waals surface area contributed by atoms with Gasteiger partial charge in [-0.25, -0.2) is 0 Å². The van der Waals surface area contributed by atoms with E-state index in [1.54, 1.807) is 0 Å². The van der Waals surface area contributed by atoms with E-state index in [9.17, 15) is 5.11 Å². The molecule has 27 heavy (non-hydrogen) atoms. The number of halogens is 2. The first-order chi connectivity index (χ1) is 12.2. The summed E-state index contributed by atoms with van der Waals surface area (Å²) in [5.74, 6) is 1.69. The molecule has 2 heterocycles. The van der Waals surface area contributed by atoms with Gasteiger partial charge in [0.2, 0.25) is 0 Å². The molecule has 8 heteroatoms. The normalized spacial score (nSPS) is 25.9. The Bertz CT molecular complexity index is 611. The number of nitrogens with two attached hydrogens (primary N) is 1. The Balaban J connectivity index is 0.00000131. The van der Waals surface area contributed by atoms with Crippen molar-refractivity contribution in [2.45, 2.75) is 38.0 Å². The van der Waals surface area contributed by atoms with Crippen LogP contribution < -0.4 is 15.2 Å². The lowest BCUT2D eigenvalue weighted by Crippen LogP contribution is -2.62. The van der Waals surface area contributed by atoms with Crippen LogP contribution in [0.1, 0.15) is 24.8 Å². The van der Waals surface area contributed by atoms with Crippen molar-refractivity contribution in [2.24, 2.45) is 11.1 Å². The smallest absolute Gasteiger partial charge is 0.161 e. The minimum absolute atomic E-state index is 0. The lowest BCUT2D eigenvalue weighted by atomic mass is 9.58. The highest BCUT2D eigenvalue weighted by Gasteiger charge is 2.55. The summed E-state index contributed by atoms with van der Waals surface area (Å²) in [6.45, 7) is 5.22. The van der Waals surface area contributed by atoms with Gasteiger partial charge in [0.05, 0.1) is 18.8 Å². The standard InChI is InChI=1S/C19H28N2O4.2ClH/c20-5-8-25-18-12-17(22)19(18)3-6-21(7-4-19)13-14-1-2-15-16(11-14)24-10-9-23-15;;/h1-2,11,17-18,22H,3-10,12-13,20H2;2*1H/t17-,18+;;/m1../s1. The number of hydrogen-bond acceptors (Lipinski definition) is 6. The van der Waals surface area contributed by atoms with Crippen molar-refractivity contribution in [1.82, 2.24) is 4.90 Å². The molecule has 154 valence electrons. The number of piperidine rings is 1. The van der Waals surface area contributed by atoms with E-state index in [1.165, 1.54) is 5.56 Å². The summed E-state index contributed by atoms with van der Waals surface area (Å²) < 4.78 is 17.1. The molecule has 1 saturated heterocycles. The molecule has 0 amide bonds. The fourth-order valence-corrected chi connectivity index (χ4v) is 4.40. The van der Waals surface area contributed by atoms with Crippen molar-refractivity contribution in [2.75, 3.05) is 39.5 Å².